The van der Waals surface area contributed by atoms with Gasteiger partial charge >= 0.3 is 5.97 Å². The van der Waals surface area contributed by atoms with Gasteiger partial charge in [-0.1, -0.05) is 0 Å². The minimum absolute atomic E-state index is 0.0143. The molecule has 0 bridgehead atoms. The summed E-state index contributed by atoms with van der Waals surface area (Å²) in [6, 6.07) is 6.64. The first-order chi connectivity index (χ1) is 8.69. The molecule has 0 unspecified atom stereocenters. The number of rotatable bonds is 4. The molecule has 0 aromatic heterocycles. The molecule has 1 saturated heterocycles. The summed E-state index contributed by atoms with van der Waals surface area (Å²) in [7, 11) is 1.57. The van der Waals surface area contributed by atoms with Crippen LogP contribution in [0.15, 0.2) is 24.3 Å². The summed E-state index contributed by atoms with van der Waals surface area (Å²) >= 11 is 0. The third kappa shape index (κ3) is 3.00. The lowest BCUT2D eigenvalue weighted by atomic mass is 10.2. The number of nitrogens with one attached hydrogen (secondary N) is 1. The second-order valence-electron chi connectivity index (χ2n) is 4.13. The summed E-state index contributed by atoms with van der Waals surface area (Å²) in [5.41, 5.74) is 0.472. The first-order valence-electron chi connectivity index (χ1n) is 5.79. The van der Waals surface area contributed by atoms with Crippen LogP contribution in [0, 0.1) is 0 Å². The molecule has 2 rings (SSSR count). The Morgan fingerprint density at radius 2 is 2.11 bits per heavy atom. The molecule has 1 aliphatic heterocycles. The van der Waals surface area contributed by atoms with Gasteiger partial charge in [0.25, 0.3) is 0 Å². The van der Waals surface area contributed by atoms with E-state index in [1.165, 1.54) is 0 Å². The predicted octanol–water partition coefficient (Wildman–Crippen LogP) is 1.13. The zero-order chi connectivity index (χ0) is 13.0. The smallest absolute Gasteiger partial charge is 0.338 e. The van der Waals surface area contributed by atoms with E-state index in [2.05, 4.69) is 5.32 Å². The maximum absolute atomic E-state index is 11.7. The molecule has 0 spiro atoms. The molecule has 5 heteroatoms. The molecule has 18 heavy (non-hydrogen) atoms. The average molecular weight is 249 g/mol. The highest BCUT2D eigenvalue weighted by Crippen LogP contribution is 2.13. The fourth-order valence-electron chi connectivity index (χ4n) is 1.79. The summed E-state index contributed by atoms with van der Waals surface area (Å²) in [6.45, 7) is 0.219. The summed E-state index contributed by atoms with van der Waals surface area (Å²) in [5, 5.41) is 2.74. The maximum atomic E-state index is 11.7. The van der Waals surface area contributed by atoms with Crippen LogP contribution in [0.25, 0.3) is 0 Å². The van der Waals surface area contributed by atoms with E-state index < -0.39 is 0 Å². The zero-order valence-corrected chi connectivity index (χ0v) is 10.1. The van der Waals surface area contributed by atoms with Crippen molar-refractivity contribution in [3.8, 4) is 5.75 Å². The van der Waals surface area contributed by atoms with Gasteiger partial charge in [-0.25, -0.2) is 4.79 Å². The van der Waals surface area contributed by atoms with Gasteiger partial charge in [0.05, 0.1) is 18.7 Å². The Morgan fingerprint density at radius 3 is 2.67 bits per heavy atom. The number of carbonyl (C=O) groups is 2. The SMILES string of the molecule is COc1ccc(C(=O)OC[C@@H]2CCC(=O)N2)cc1. The van der Waals surface area contributed by atoms with Gasteiger partial charge in [-0.05, 0) is 30.7 Å². The molecular formula is C13H15NO4. The monoisotopic (exact) mass is 249 g/mol. The number of benzene rings is 1. The topological polar surface area (TPSA) is 64.6 Å². The second kappa shape index (κ2) is 5.53. The molecule has 1 aromatic rings. The van der Waals surface area contributed by atoms with E-state index >= 15 is 0 Å². The Morgan fingerprint density at radius 1 is 1.39 bits per heavy atom. The number of esters is 1. The molecule has 1 atom stereocenters. The van der Waals surface area contributed by atoms with Gasteiger partial charge in [0.1, 0.15) is 12.4 Å². The molecular weight excluding hydrogens is 234 g/mol. The molecule has 0 radical (unpaired) electrons. The van der Waals surface area contributed by atoms with Gasteiger partial charge < -0.3 is 14.8 Å². The minimum Gasteiger partial charge on any atom is -0.497 e. The van der Waals surface area contributed by atoms with Crippen LogP contribution in [0.5, 0.6) is 5.75 Å². The van der Waals surface area contributed by atoms with Gasteiger partial charge in [-0.15, -0.1) is 0 Å². The Balaban J connectivity index is 1.85. The number of ether oxygens (including phenoxy) is 2. The lowest BCUT2D eigenvalue weighted by Gasteiger charge is -2.10. The molecule has 0 aliphatic carbocycles. The van der Waals surface area contributed by atoms with Crippen molar-refractivity contribution < 1.29 is 19.1 Å². The van der Waals surface area contributed by atoms with Crippen LogP contribution < -0.4 is 10.1 Å². The van der Waals surface area contributed by atoms with Crippen molar-refractivity contribution in [2.45, 2.75) is 18.9 Å². The second-order valence-corrected chi connectivity index (χ2v) is 4.13. The molecule has 1 amide bonds. The van der Waals surface area contributed by atoms with E-state index in [0.29, 0.717) is 24.2 Å². The van der Waals surface area contributed by atoms with E-state index in [0.717, 1.165) is 0 Å². The number of hydrogen-bond acceptors (Lipinski definition) is 4. The largest absolute Gasteiger partial charge is 0.497 e. The Kier molecular flexibility index (Phi) is 3.82. The summed E-state index contributed by atoms with van der Waals surface area (Å²) in [4.78, 5) is 22.7. The number of amides is 1. The van der Waals surface area contributed by atoms with Gasteiger partial charge in [0.2, 0.25) is 5.91 Å². The van der Waals surface area contributed by atoms with Crippen molar-refractivity contribution in [3.63, 3.8) is 0 Å². The van der Waals surface area contributed by atoms with Crippen molar-refractivity contribution in [2.75, 3.05) is 13.7 Å². The Hall–Kier alpha value is -2.04. The van der Waals surface area contributed by atoms with E-state index in [9.17, 15) is 9.59 Å². The lowest BCUT2D eigenvalue weighted by molar-refractivity contribution is -0.119. The number of carbonyl (C=O) groups excluding carboxylic acids is 2. The van der Waals surface area contributed by atoms with Gasteiger partial charge in [-0.3, -0.25) is 4.79 Å². The standard InChI is InChI=1S/C13H15NO4/c1-17-11-5-2-9(3-6-11)13(16)18-8-10-4-7-12(15)14-10/h2-3,5-6,10H,4,7-8H2,1H3,(H,14,15)/t10-/m0/s1. The lowest BCUT2D eigenvalue weighted by Crippen LogP contribution is -2.30. The predicted molar refractivity (Wildman–Crippen MR) is 64.4 cm³/mol. The highest BCUT2D eigenvalue weighted by atomic mass is 16.5. The van der Waals surface area contributed by atoms with E-state index in [1.807, 2.05) is 0 Å². The average Bonchev–Trinajstić information content (AvgIpc) is 2.82. The fraction of sp³-hybridized carbons (Fsp3) is 0.385. The maximum Gasteiger partial charge on any atom is 0.338 e. The van der Waals surface area contributed by atoms with Crippen LogP contribution in [-0.2, 0) is 9.53 Å². The van der Waals surface area contributed by atoms with Gasteiger partial charge in [-0.2, -0.15) is 0 Å². The Bertz CT molecular complexity index is 441. The highest BCUT2D eigenvalue weighted by Gasteiger charge is 2.22. The zero-order valence-electron chi connectivity index (χ0n) is 10.1. The quantitative estimate of drug-likeness (QED) is 0.812. The first kappa shape index (κ1) is 12.4. The molecule has 96 valence electrons. The van der Waals surface area contributed by atoms with Crippen LogP contribution in [0.4, 0.5) is 0 Å². The molecule has 1 heterocycles. The number of methoxy groups -OCH3 is 1. The third-order valence-electron chi connectivity index (χ3n) is 2.83. The number of hydrogen-bond donors (Lipinski definition) is 1. The van der Waals surface area contributed by atoms with Crippen molar-refractivity contribution in [1.29, 1.82) is 0 Å². The molecule has 5 nitrogen and oxygen atoms in total. The van der Waals surface area contributed by atoms with Crippen molar-refractivity contribution in [1.82, 2.24) is 5.32 Å². The van der Waals surface area contributed by atoms with Crippen LogP contribution in [0.1, 0.15) is 23.2 Å². The van der Waals surface area contributed by atoms with Crippen LogP contribution in [0.3, 0.4) is 0 Å². The van der Waals surface area contributed by atoms with Crippen molar-refractivity contribution in [2.24, 2.45) is 0 Å². The molecule has 1 N–H and O–H groups in total. The third-order valence-corrected chi connectivity index (χ3v) is 2.83. The van der Waals surface area contributed by atoms with Crippen molar-refractivity contribution in [3.05, 3.63) is 29.8 Å². The van der Waals surface area contributed by atoms with Gasteiger partial charge in [0.15, 0.2) is 0 Å². The summed E-state index contributed by atoms with van der Waals surface area (Å²) in [6.07, 6.45) is 1.22. The van der Waals surface area contributed by atoms with E-state index in [1.54, 1.807) is 31.4 Å². The van der Waals surface area contributed by atoms with E-state index in [-0.39, 0.29) is 24.5 Å². The molecule has 0 saturated carbocycles. The summed E-state index contributed by atoms with van der Waals surface area (Å²) < 4.78 is 10.1. The highest BCUT2D eigenvalue weighted by molar-refractivity contribution is 5.89. The van der Waals surface area contributed by atoms with E-state index in [4.69, 9.17) is 9.47 Å². The van der Waals surface area contributed by atoms with Gasteiger partial charge in [0, 0.05) is 6.42 Å². The Labute approximate surface area is 105 Å². The molecule has 1 fully saturated rings. The summed E-state index contributed by atoms with van der Waals surface area (Å²) in [5.74, 6) is 0.314. The van der Waals surface area contributed by atoms with Crippen molar-refractivity contribution >= 4 is 11.9 Å². The van der Waals surface area contributed by atoms with Crippen LogP contribution in [-0.4, -0.2) is 31.6 Å². The first-order valence-corrected chi connectivity index (χ1v) is 5.79. The molecule has 1 aromatic carbocycles. The van der Waals surface area contributed by atoms with Crippen LogP contribution in [0.2, 0.25) is 0 Å². The van der Waals surface area contributed by atoms with Crippen LogP contribution >= 0.6 is 0 Å². The molecule has 1 aliphatic rings. The minimum atomic E-state index is -0.390. The normalized spacial score (nSPS) is 18.3. The fourth-order valence-corrected chi connectivity index (χ4v) is 1.79.